The summed E-state index contributed by atoms with van der Waals surface area (Å²) in [5.74, 6) is 1.92. The smallest absolute Gasteiger partial charge is 0.237 e. The lowest BCUT2D eigenvalue weighted by Crippen LogP contribution is -2.37. The lowest BCUT2D eigenvalue weighted by atomic mass is 10.2. The van der Waals surface area contributed by atoms with Gasteiger partial charge in [-0.05, 0) is 44.5 Å². The minimum absolute atomic E-state index is 0.0506. The van der Waals surface area contributed by atoms with Gasteiger partial charge in [0, 0.05) is 13.0 Å². The largest absolute Gasteiger partial charge is 0.465 e. The van der Waals surface area contributed by atoms with Gasteiger partial charge in [0.1, 0.15) is 16.5 Å². The van der Waals surface area contributed by atoms with Crippen molar-refractivity contribution in [1.82, 2.24) is 15.1 Å². The predicted octanol–water partition coefficient (Wildman–Crippen LogP) is 3.62. The second-order valence-corrected chi connectivity index (χ2v) is 8.18. The van der Waals surface area contributed by atoms with E-state index in [0.717, 1.165) is 33.6 Å². The van der Waals surface area contributed by atoms with E-state index in [1.54, 1.807) is 4.90 Å². The molecule has 1 N–H and O–H groups in total. The molecule has 2 amide bonds. The Labute approximate surface area is 179 Å². The Morgan fingerprint density at radius 3 is 2.73 bits per heavy atom. The van der Waals surface area contributed by atoms with Crippen LogP contribution in [-0.2, 0) is 16.1 Å². The Bertz CT molecular complexity index is 1060. The van der Waals surface area contributed by atoms with E-state index >= 15 is 0 Å². The Hall–Kier alpha value is -3.00. The third-order valence-corrected chi connectivity index (χ3v) is 5.96. The van der Waals surface area contributed by atoms with E-state index < -0.39 is 0 Å². The van der Waals surface area contributed by atoms with E-state index in [1.165, 1.54) is 11.8 Å². The second kappa shape index (κ2) is 8.79. The predicted molar refractivity (Wildman–Crippen MR) is 116 cm³/mol. The van der Waals surface area contributed by atoms with Gasteiger partial charge in [-0.25, -0.2) is 4.68 Å². The average Bonchev–Trinajstić information content (AvgIpc) is 3.31. The zero-order valence-electron chi connectivity index (χ0n) is 17.1. The Morgan fingerprint density at radius 2 is 2.00 bits per heavy atom. The van der Waals surface area contributed by atoms with Crippen molar-refractivity contribution in [2.75, 3.05) is 17.2 Å². The number of amides is 2. The summed E-state index contributed by atoms with van der Waals surface area (Å²) in [6.07, 6.45) is 0.923. The summed E-state index contributed by atoms with van der Waals surface area (Å²) in [6.45, 7) is 4.65. The topological polar surface area (TPSA) is 80.4 Å². The van der Waals surface area contributed by atoms with Gasteiger partial charge in [-0.1, -0.05) is 30.0 Å². The van der Waals surface area contributed by atoms with Gasteiger partial charge in [-0.2, -0.15) is 5.10 Å². The first-order chi connectivity index (χ1) is 14.5. The summed E-state index contributed by atoms with van der Waals surface area (Å²) in [7, 11) is 0. The number of anilines is 1. The number of para-hydroxylation sites is 1. The maximum Gasteiger partial charge on any atom is 0.237 e. The van der Waals surface area contributed by atoms with Crippen molar-refractivity contribution in [3.05, 3.63) is 59.7 Å². The highest BCUT2D eigenvalue weighted by Gasteiger charge is 2.31. The number of carbonyl (C=O) groups excluding carboxylic acids is 2. The van der Waals surface area contributed by atoms with E-state index in [1.807, 2.05) is 61.0 Å². The summed E-state index contributed by atoms with van der Waals surface area (Å²) in [6, 6.07) is 13.6. The van der Waals surface area contributed by atoms with Crippen molar-refractivity contribution in [2.24, 2.45) is 0 Å². The standard InChI is InChI=1S/C22H24N4O3S/c1-15-10-11-18(29-15)13-23-19(27)9-6-12-25-20(28)14-30-22-21(25)16(2)24-26(22)17-7-4-3-5-8-17/h3-5,7-8,10-11H,6,9,12-14H2,1-2H3,(H,23,27). The van der Waals surface area contributed by atoms with E-state index in [0.29, 0.717) is 31.7 Å². The molecule has 0 saturated carbocycles. The summed E-state index contributed by atoms with van der Waals surface area (Å²) in [5.41, 5.74) is 2.63. The van der Waals surface area contributed by atoms with Gasteiger partial charge in [0.25, 0.3) is 0 Å². The Morgan fingerprint density at radius 1 is 1.20 bits per heavy atom. The highest BCUT2D eigenvalue weighted by molar-refractivity contribution is 8.00. The molecule has 0 atom stereocenters. The monoisotopic (exact) mass is 424 g/mol. The molecule has 0 unspecified atom stereocenters. The van der Waals surface area contributed by atoms with Gasteiger partial charge >= 0.3 is 0 Å². The average molecular weight is 425 g/mol. The van der Waals surface area contributed by atoms with Crippen molar-refractivity contribution in [3.63, 3.8) is 0 Å². The molecule has 1 aliphatic heterocycles. The normalized spacial score (nSPS) is 13.4. The third-order valence-electron chi connectivity index (χ3n) is 4.93. The molecule has 3 heterocycles. The molecule has 156 valence electrons. The molecular formula is C22H24N4O3S. The third kappa shape index (κ3) is 4.28. The summed E-state index contributed by atoms with van der Waals surface area (Å²) >= 11 is 1.51. The fraction of sp³-hybridized carbons (Fsp3) is 0.318. The van der Waals surface area contributed by atoms with Crippen LogP contribution in [0.1, 0.15) is 30.1 Å². The number of rotatable bonds is 7. The number of thioether (sulfide) groups is 1. The molecule has 0 aliphatic carbocycles. The van der Waals surface area contributed by atoms with E-state index in [9.17, 15) is 9.59 Å². The van der Waals surface area contributed by atoms with Crippen molar-refractivity contribution in [3.8, 4) is 5.69 Å². The number of aryl methyl sites for hydroxylation is 2. The molecule has 7 nitrogen and oxygen atoms in total. The van der Waals surface area contributed by atoms with Crippen LogP contribution in [-0.4, -0.2) is 33.9 Å². The molecule has 0 spiro atoms. The molecule has 0 radical (unpaired) electrons. The highest BCUT2D eigenvalue weighted by Crippen LogP contribution is 2.39. The zero-order chi connectivity index (χ0) is 21.1. The summed E-state index contributed by atoms with van der Waals surface area (Å²) in [4.78, 5) is 26.5. The zero-order valence-corrected chi connectivity index (χ0v) is 17.9. The molecule has 1 aromatic carbocycles. The number of nitrogens with one attached hydrogen (secondary N) is 1. The van der Waals surface area contributed by atoms with Gasteiger partial charge in [-0.15, -0.1) is 0 Å². The maximum atomic E-state index is 12.6. The lowest BCUT2D eigenvalue weighted by Gasteiger charge is -2.27. The van der Waals surface area contributed by atoms with Gasteiger partial charge in [0.2, 0.25) is 11.8 Å². The van der Waals surface area contributed by atoms with Crippen LogP contribution < -0.4 is 10.2 Å². The van der Waals surface area contributed by atoms with Crippen molar-refractivity contribution in [1.29, 1.82) is 0 Å². The van der Waals surface area contributed by atoms with Crippen LogP contribution in [0.15, 0.2) is 51.9 Å². The molecule has 2 aromatic heterocycles. The Kier molecular flexibility index (Phi) is 5.94. The molecule has 0 fully saturated rings. The van der Waals surface area contributed by atoms with Crippen LogP contribution in [0.3, 0.4) is 0 Å². The molecule has 0 saturated heterocycles. The van der Waals surface area contributed by atoms with Gasteiger partial charge in [0.15, 0.2) is 0 Å². The number of carbonyl (C=O) groups is 2. The minimum atomic E-state index is -0.0557. The van der Waals surface area contributed by atoms with Gasteiger partial charge in [-0.3, -0.25) is 9.59 Å². The number of benzene rings is 1. The first kappa shape index (κ1) is 20.3. The van der Waals surface area contributed by atoms with Gasteiger partial charge < -0.3 is 14.6 Å². The van der Waals surface area contributed by atoms with E-state index in [4.69, 9.17) is 4.42 Å². The lowest BCUT2D eigenvalue weighted by molar-refractivity contribution is -0.121. The molecule has 8 heteroatoms. The van der Waals surface area contributed by atoms with Crippen molar-refractivity contribution >= 4 is 29.3 Å². The summed E-state index contributed by atoms with van der Waals surface area (Å²) in [5, 5.41) is 8.50. The number of furan rings is 1. The maximum absolute atomic E-state index is 12.6. The van der Waals surface area contributed by atoms with E-state index in [2.05, 4.69) is 10.4 Å². The van der Waals surface area contributed by atoms with Crippen LogP contribution in [0.5, 0.6) is 0 Å². The first-order valence-corrected chi connectivity index (χ1v) is 10.9. The molecule has 4 rings (SSSR count). The van der Waals surface area contributed by atoms with Gasteiger partial charge in [0.05, 0.1) is 29.4 Å². The molecule has 30 heavy (non-hydrogen) atoms. The highest BCUT2D eigenvalue weighted by atomic mass is 32.2. The van der Waals surface area contributed by atoms with Crippen LogP contribution >= 0.6 is 11.8 Å². The number of fused-ring (bicyclic) bond motifs is 1. The number of hydrogen-bond acceptors (Lipinski definition) is 5. The number of hydrogen-bond donors (Lipinski definition) is 1. The van der Waals surface area contributed by atoms with Crippen LogP contribution in [0.25, 0.3) is 5.69 Å². The minimum Gasteiger partial charge on any atom is -0.465 e. The Balaban J connectivity index is 1.40. The molecule has 3 aromatic rings. The molecule has 0 bridgehead atoms. The second-order valence-electron chi connectivity index (χ2n) is 7.21. The van der Waals surface area contributed by atoms with Crippen LogP contribution in [0, 0.1) is 13.8 Å². The fourth-order valence-corrected chi connectivity index (χ4v) is 4.58. The SMILES string of the molecule is Cc1ccc(CNC(=O)CCCN2C(=O)CSc3c2c(C)nn3-c2ccccc2)o1. The number of nitrogens with zero attached hydrogens (tertiary/aromatic N) is 3. The molecule has 1 aliphatic rings. The summed E-state index contributed by atoms with van der Waals surface area (Å²) < 4.78 is 7.36. The first-order valence-electron chi connectivity index (χ1n) is 9.93. The van der Waals surface area contributed by atoms with Crippen LogP contribution in [0.4, 0.5) is 5.69 Å². The van der Waals surface area contributed by atoms with Crippen LogP contribution in [0.2, 0.25) is 0 Å². The quantitative estimate of drug-likeness (QED) is 0.627. The fourth-order valence-electron chi connectivity index (χ4n) is 3.50. The van der Waals surface area contributed by atoms with E-state index in [-0.39, 0.29) is 11.8 Å². The molecular weight excluding hydrogens is 400 g/mol. The van der Waals surface area contributed by atoms with Crippen molar-refractivity contribution in [2.45, 2.75) is 38.3 Å². The number of aromatic nitrogens is 2. The van der Waals surface area contributed by atoms with Crippen molar-refractivity contribution < 1.29 is 14.0 Å².